The van der Waals surface area contributed by atoms with Crippen molar-refractivity contribution in [3.05, 3.63) is 46.2 Å². The molecule has 0 saturated carbocycles. The Hall–Kier alpha value is -2.32. The number of anilines is 1. The number of piperazine rings is 1. The molecule has 2 aromatic rings. The number of aryl methyl sites for hydroxylation is 1. The lowest BCUT2D eigenvalue weighted by atomic mass is 10.1. The first-order valence-corrected chi connectivity index (χ1v) is 12.1. The van der Waals surface area contributed by atoms with Gasteiger partial charge in [-0.3, -0.25) is 14.4 Å². The molecule has 2 fully saturated rings. The number of thioether (sulfide) groups is 1. The van der Waals surface area contributed by atoms with Crippen molar-refractivity contribution in [2.45, 2.75) is 18.2 Å². The average molecular weight is 444 g/mol. The molecule has 8 heteroatoms. The maximum atomic E-state index is 13.0. The SMILES string of the molecule is CSc1ccc(N2CC(C(=O)N3CCN(C(=O)c4ccc(C)s4)CC3)CC2=O)cc1. The van der Waals surface area contributed by atoms with Gasteiger partial charge in [-0.25, -0.2) is 0 Å². The zero-order valence-corrected chi connectivity index (χ0v) is 18.8. The predicted molar refractivity (Wildman–Crippen MR) is 120 cm³/mol. The Morgan fingerprint density at radius 2 is 1.67 bits per heavy atom. The molecule has 0 radical (unpaired) electrons. The van der Waals surface area contributed by atoms with Crippen molar-refractivity contribution in [3.8, 4) is 0 Å². The van der Waals surface area contributed by atoms with Gasteiger partial charge in [0.05, 0.1) is 10.8 Å². The molecule has 158 valence electrons. The first-order valence-electron chi connectivity index (χ1n) is 10.0. The van der Waals surface area contributed by atoms with Crippen LogP contribution in [0.2, 0.25) is 0 Å². The van der Waals surface area contributed by atoms with Gasteiger partial charge in [-0.15, -0.1) is 23.1 Å². The fourth-order valence-electron chi connectivity index (χ4n) is 3.98. The van der Waals surface area contributed by atoms with Crippen LogP contribution in [-0.2, 0) is 9.59 Å². The van der Waals surface area contributed by atoms with E-state index >= 15 is 0 Å². The number of carbonyl (C=O) groups is 3. The summed E-state index contributed by atoms with van der Waals surface area (Å²) in [5, 5.41) is 0. The van der Waals surface area contributed by atoms with Crippen molar-refractivity contribution in [1.82, 2.24) is 9.80 Å². The lowest BCUT2D eigenvalue weighted by Crippen LogP contribution is -2.52. The lowest BCUT2D eigenvalue weighted by molar-refractivity contribution is -0.137. The van der Waals surface area contributed by atoms with Crippen molar-refractivity contribution in [2.75, 3.05) is 43.9 Å². The van der Waals surface area contributed by atoms with E-state index < -0.39 is 0 Å². The van der Waals surface area contributed by atoms with E-state index in [-0.39, 0.29) is 30.1 Å². The van der Waals surface area contributed by atoms with E-state index in [1.165, 1.54) is 11.3 Å². The van der Waals surface area contributed by atoms with E-state index in [1.807, 2.05) is 59.4 Å². The molecule has 2 aliphatic heterocycles. The molecule has 1 atom stereocenters. The molecular weight excluding hydrogens is 418 g/mol. The summed E-state index contributed by atoms with van der Waals surface area (Å²) in [5.41, 5.74) is 0.842. The molecule has 1 aromatic heterocycles. The molecule has 0 bridgehead atoms. The van der Waals surface area contributed by atoms with Crippen LogP contribution in [-0.4, -0.2) is 66.5 Å². The van der Waals surface area contributed by atoms with Gasteiger partial charge in [0.25, 0.3) is 5.91 Å². The van der Waals surface area contributed by atoms with Crippen LogP contribution in [0.3, 0.4) is 0 Å². The zero-order valence-electron chi connectivity index (χ0n) is 17.2. The molecule has 3 heterocycles. The number of benzene rings is 1. The molecule has 4 rings (SSSR count). The molecular formula is C22H25N3O3S2. The van der Waals surface area contributed by atoms with Gasteiger partial charge in [0.2, 0.25) is 11.8 Å². The number of carbonyl (C=O) groups excluding carboxylic acids is 3. The molecule has 1 aromatic carbocycles. The van der Waals surface area contributed by atoms with Gasteiger partial charge < -0.3 is 14.7 Å². The molecule has 6 nitrogen and oxygen atoms in total. The lowest BCUT2D eigenvalue weighted by Gasteiger charge is -2.35. The maximum absolute atomic E-state index is 13.0. The summed E-state index contributed by atoms with van der Waals surface area (Å²) < 4.78 is 0. The molecule has 3 amide bonds. The van der Waals surface area contributed by atoms with Crippen LogP contribution in [0, 0.1) is 12.8 Å². The predicted octanol–water partition coefficient (Wildman–Crippen LogP) is 3.12. The highest BCUT2D eigenvalue weighted by atomic mass is 32.2. The number of nitrogens with zero attached hydrogens (tertiary/aromatic N) is 3. The second kappa shape index (κ2) is 8.81. The van der Waals surface area contributed by atoms with Crippen molar-refractivity contribution in [2.24, 2.45) is 5.92 Å². The van der Waals surface area contributed by atoms with Crippen LogP contribution in [0.4, 0.5) is 5.69 Å². The Bertz CT molecular complexity index is 949. The smallest absolute Gasteiger partial charge is 0.264 e. The van der Waals surface area contributed by atoms with Gasteiger partial charge in [-0.05, 0) is 49.6 Å². The summed E-state index contributed by atoms with van der Waals surface area (Å²) in [7, 11) is 0. The Balaban J connectivity index is 1.34. The van der Waals surface area contributed by atoms with Gasteiger partial charge in [-0.2, -0.15) is 0 Å². The average Bonchev–Trinajstić information content (AvgIpc) is 3.38. The monoisotopic (exact) mass is 443 g/mol. The summed E-state index contributed by atoms with van der Waals surface area (Å²) in [4.78, 5) is 46.5. The maximum Gasteiger partial charge on any atom is 0.264 e. The van der Waals surface area contributed by atoms with E-state index in [2.05, 4.69) is 0 Å². The number of hydrogen-bond donors (Lipinski definition) is 0. The molecule has 30 heavy (non-hydrogen) atoms. The Morgan fingerprint density at radius 3 is 2.27 bits per heavy atom. The molecule has 2 saturated heterocycles. The third-order valence-electron chi connectivity index (χ3n) is 5.69. The first-order chi connectivity index (χ1) is 14.5. The Labute approximate surface area is 184 Å². The fraction of sp³-hybridized carbons (Fsp3) is 0.409. The van der Waals surface area contributed by atoms with E-state index in [4.69, 9.17) is 0 Å². The minimum atomic E-state index is -0.320. The van der Waals surface area contributed by atoms with Gasteiger partial charge in [0.1, 0.15) is 0 Å². The minimum absolute atomic E-state index is 0.00729. The van der Waals surface area contributed by atoms with Crippen LogP contribution in [0.1, 0.15) is 21.0 Å². The van der Waals surface area contributed by atoms with E-state index in [0.29, 0.717) is 32.7 Å². The van der Waals surface area contributed by atoms with Crippen LogP contribution in [0.25, 0.3) is 0 Å². The topological polar surface area (TPSA) is 60.9 Å². The molecule has 2 aliphatic rings. The van der Waals surface area contributed by atoms with Crippen LogP contribution in [0.5, 0.6) is 0 Å². The molecule has 0 N–H and O–H groups in total. The van der Waals surface area contributed by atoms with Crippen LogP contribution >= 0.6 is 23.1 Å². The van der Waals surface area contributed by atoms with Gasteiger partial charge >= 0.3 is 0 Å². The van der Waals surface area contributed by atoms with Crippen molar-refractivity contribution in [1.29, 1.82) is 0 Å². The van der Waals surface area contributed by atoms with Gasteiger partial charge in [0, 0.05) is 54.6 Å². The summed E-state index contributed by atoms with van der Waals surface area (Å²) in [6.07, 6.45) is 2.26. The standard InChI is InChI=1S/C22H25N3O3S2/c1-15-3-8-19(30-15)22(28)24-11-9-23(10-12-24)21(27)16-13-20(26)25(14-16)17-4-6-18(29-2)7-5-17/h3-8,16H,9-14H2,1-2H3. The first kappa shape index (κ1) is 20.9. The third kappa shape index (κ3) is 4.25. The fourth-order valence-corrected chi connectivity index (χ4v) is 5.22. The van der Waals surface area contributed by atoms with Crippen molar-refractivity contribution in [3.63, 3.8) is 0 Å². The summed E-state index contributed by atoms with van der Waals surface area (Å²) in [6.45, 7) is 4.50. The number of thiophene rings is 1. The molecule has 0 aliphatic carbocycles. The second-order valence-corrected chi connectivity index (χ2v) is 9.80. The van der Waals surface area contributed by atoms with Crippen LogP contribution < -0.4 is 4.90 Å². The highest BCUT2D eigenvalue weighted by Gasteiger charge is 2.38. The quantitative estimate of drug-likeness (QED) is 0.682. The second-order valence-electron chi connectivity index (χ2n) is 7.63. The van der Waals surface area contributed by atoms with E-state index in [9.17, 15) is 14.4 Å². The Kier molecular flexibility index (Phi) is 6.15. The van der Waals surface area contributed by atoms with Crippen molar-refractivity contribution < 1.29 is 14.4 Å². The summed E-state index contributed by atoms with van der Waals surface area (Å²) >= 11 is 3.16. The molecule has 1 unspecified atom stereocenters. The normalized spacial score (nSPS) is 19.5. The number of amides is 3. The Morgan fingerprint density at radius 1 is 1.00 bits per heavy atom. The largest absolute Gasteiger partial charge is 0.339 e. The van der Waals surface area contributed by atoms with Gasteiger partial charge in [0.15, 0.2) is 0 Å². The van der Waals surface area contributed by atoms with Gasteiger partial charge in [-0.1, -0.05) is 0 Å². The van der Waals surface area contributed by atoms with Crippen LogP contribution in [0.15, 0.2) is 41.3 Å². The number of hydrogen-bond acceptors (Lipinski definition) is 5. The minimum Gasteiger partial charge on any atom is -0.339 e. The highest BCUT2D eigenvalue weighted by molar-refractivity contribution is 7.98. The third-order valence-corrected chi connectivity index (χ3v) is 7.42. The summed E-state index contributed by atoms with van der Waals surface area (Å²) in [6, 6.07) is 11.7. The summed E-state index contributed by atoms with van der Waals surface area (Å²) in [5.74, 6) is -0.270. The molecule has 0 spiro atoms. The van der Waals surface area contributed by atoms with E-state index in [0.717, 1.165) is 20.3 Å². The number of rotatable bonds is 4. The van der Waals surface area contributed by atoms with E-state index in [1.54, 1.807) is 16.7 Å². The zero-order chi connectivity index (χ0) is 21.3. The van der Waals surface area contributed by atoms with Crippen molar-refractivity contribution >= 4 is 46.5 Å². The highest BCUT2D eigenvalue weighted by Crippen LogP contribution is 2.28.